The summed E-state index contributed by atoms with van der Waals surface area (Å²) in [5, 5.41) is 12.1. The van der Waals surface area contributed by atoms with E-state index in [9.17, 15) is 18.0 Å². The normalized spacial score (nSPS) is 20.1. The summed E-state index contributed by atoms with van der Waals surface area (Å²) >= 11 is 0. The zero-order valence-corrected chi connectivity index (χ0v) is 12.2. The molecule has 8 heteroatoms. The molecule has 1 atom stereocenters. The summed E-state index contributed by atoms with van der Waals surface area (Å²) in [7, 11) is -3.11. The van der Waals surface area contributed by atoms with E-state index in [2.05, 4.69) is 5.32 Å². The fraction of sp³-hybridized carbons (Fsp3) is 0.286. The molecule has 1 aliphatic rings. The van der Waals surface area contributed by atoms with Crippen molar-refractivity contribution < 1.29 is 27.5 Å². The van der Waals surface area contributed by atoms with Gasteiger partial charge in [-0.1, -0.05) is 0 Å². The second-order valence-corrected chi connectivity index (χ2v) is 7.49. The molecule has 2 heterocycles. The third-order valence-electron chi connectivity index (χ3n) is 3.60. The second-order valence-electron chi connectivity index (χ2n) is 5.26. The highest BCUT2D eigenvalue weighted by Gasteiger charge is 2.32. The van der Waals surface area contributed by atoms with Gasteiger partial charge < -0.3 is 14.8 Å². The lowest BCUT2D eigenvalue weighted by atomic mass is 10.1. The molecule has 2 aromatic rings. The summed E-state index contributed by atoms with van der Waals surface area (Å²) in [6.07, 6.45) is 0.325. The highest BCUT2D eigenvalue weighted by atomic mass is 32.2. The van der Waals surface area contributed by atoms with Gasteiger partial charge in [-0.05, 0) is 30.7 Å². The van der Waals surface area contributed by atoms with Crippen LogP contribution in [0.2, 0.25) is 0 Å². The van der Waals surface area contributed by atoms with Gasteiger partial charge >= 0.3 is 5.97 Å². The van der Waals surface area contributed by atoms with Gasteiger partial charge in [-0.3, -0.25) is 4.79 Å². The number of carboxylic acids is 1. The van der Waals surface area contributed by atoms with Crippen molar-refractivity contribution in [2.75, 3.05) is 16.8 Å². The Bertz CT molecular complexity index is 867. The average Bonchev–Trinajstić information content (AvgIpc) is 3.01. The number of hydrogen-bond acceptors (Lipinski definition) is 5. The van der Waals surface area contributed by atoms with E-state index in [1.54, 1.807) is 18.2 Å². The van der Waals surface area contributed by atoms with Crippen LogP contribution in [0.5, 0.6) is 0 Å². The molecule has 1 aromatic heterocycles. The number of furan rings is 1. The molecule has 2 N–H and O–H groups in total. The van der Waals surface area contributed by atoms with Gasteiger partial charge in [0.1, 0.15) is 5.58 Å². The third kappa shape index (κ3) is 2.82. The van der Waals surface area contributed by atoms with Crippen LogP contribution < -0.4 is 5.32 Å². The highest BCUT2D eigenvalue weighted by molar-refractivity contribution is 7.91. The van der Waals surface area contributed by atoms with Crippen LogP contribution in [0.25, 0.3) is 11.0 Å². The molecule has 1 aliphatic heterocycles. The maximum atomic E-state index is 12.1. The first-order valence-electron chi connectivity index (χ1n) is 6.62. The maximum Gasteiger partial charge on any atom is 0.371 e. The molecule has 1 aromatic carbocycles. The van der Waals surface area contributed by atoms with E-state index in [0.29, 0.717) is 23.1 Å². The number of fused-ring (bicyclic) bond motifs is 1. The van der Waals surface area contributed by atoms with Gasteiger partial charge in [0.25, 0.3) is 0 Å². The lowest BCUT2D eigenvalue weighted by molar-refractivity contribution is -0.119. The highest BCUT2D eigenvalue weighted by Crippen LogP contribution is 2.25. The largest absolute Gasteiger partial charge is 0.475 e. The molecule has 0 spiro atoms. The number of carboxylic acid groups (broad SMARTS) is 1. The molecule has 0 saturated carbocycles. The van der Waals surface area contributed by atoms with E-state index in [4.69, 9.17) is 9.52 Å². The number of amides is 1. The van der Waals surface area contributed by atoms with Gasteiger partial charge in [0.05, 0.1) is 17.4 Å². The molecule has 1 fully saturated rings. The van der Waals surface area contributed by atoms with Gasteiger partial charge in [0.2, 0.25) is 11.7 Å². The van der Waals surface area contributed by atoms with Crippen molar-refractivity contribution in [1.82, 2.24) is 0 Å². The minimum Gasteiger partial charge on any atom is -0.475 e. The van der Waals surface area contributed by atoms with Crippen LogP contribution >= 0.6 is 0 Å². The number of rotatable bonds is 3. The van der Waals surface area contributed by atoms with Crippen molar-refractivity contribution in [3.8, 4) is 0 Å². The fourth-order valence-electron chi connectivity index (χ4n) is 2.47. The van der Waals surface area contributed by atoms with E-state index in [0.717, 1.165) is 0 Å². The van der Waals surface area contributed by atoms with E-state index < -0.39 is 21.7 Å². The molecule has 1 unspecified atom stereocenters. The van der Waals surface area contributed by atoms with Crippen molar-refractivity contribution in [2.45, 2.75) is 6.42 Å². The van der Waals surface area contributed by atoms with Crippen LogP contribution in [0.15, 0.2) is 28.7 Å². The number of sulfone groups is 1. The smallest absolute Gasteiger partial charge is 0.371 e. The first kappa shape index (κ1) is 14.6. The van der Waals surface area contributed by atoms with Gasteiger partial charge in [-0.25, -0.2) is 13.2 Å². The zero-order chi connectivity index (χ0) is 15.9. The van der Waals surface area contributed by atoms with Crippen LogP contribution in [-0.2, 0) is 14.6 Å². The summed E-state index contributed by atoms with van der Waals surface area (Å²) < 4.78 is 27.9. The van der Waals surface area contributed by atoms with E-state index in [1.807, 2.05) is 0 Å². The Balaban J connectivity index is 1.79. The maximum absolute atomic E-state index is 12.1. The molecule has 1 amide bonds. The Hall–Kier alpha value is -2.35. The first-order valence-corrected chi connectivity index (χ1v) is 8.44. The number of benzene rings is 1. The van der Waals surface area contributed by atoms with Gasteiger partial charge in [-0.15, -0.1) is 0 Å². The fourth-order valence-corrected chi connectivity index (χ4v) is 4.21. The van der Waals surface area contributed by atoms with Crippen LogP contribution in [0.4, 0.5) is 5.69 Å². The Morgan fingerprint density at radius 1 is 1.27 bits per heavy atom. The molecular weight excluding hydrogens is 310 g/mol. The molecule has 0 radical (unpaired) electrons. The van der Waals surface area contributed by atoms with Crippen molar-refractivity contribution in [3.05, 3.63) is 30.0 Å². The summed E-state index contributed by atoms with van der Waals surface area (Å²) in [6, 6.07) is 6.10. The summed E-state index contributed by atoms with van der Waals surface area (Å²) in [5.74, 6) is -2.33. The van der Waals surface area contributed by atoms with Crippen molar-refractivity contribution in [1.29, 1.82) is 0 Å². The quantitative estimate of drug-likeness (QED) is 0.885. The monoisotopic (exact) mass is 323 g/mol. The Morgan fingerprint density at radius 2 is 2.05 bits per heavy atom. The molecule has 1 saturated heterocycles. The van der Waals surface area contributed by atoms with Crippen LogP contribution in [-0.4, -0.2) is 36.9 Å². The number of hydrogen-bond donors (Lipinski definition) is 2. The van der Waals surface area contributed by atoms with Gasteiger partial charge in [0.15, 0.2) is 9.84 Å². The van der Waals surface area contributed by atoms with E-state index in [-0.39, 0.29) is 23.2 Å². The topological polar surface area (TPSA) is 114 Å². The number of carbonyl (C=O) groups is 2. The second kappa shape index (κ2) is 5.13. The average molecular weight is 323 g/mol. The predicted molar refractivity (Wildman–Crippen MR) is 78.6 cm³/mol. The van der Waals surface area contributed by atoms with Crippen LogP contribution in [0, 0.1) is 5.92 Å². The number of nitrogens with one attached hydrogen (secondary N) is 1. The molecule has 116 valence electrons. The van der Waals surface area contributed by atoms with Crippen molar-refractivity contribution in [3.63, 3.8) is 0 Å². The Labute approximate surface area is 125 Å². The van der Waals surface area contributed by atoms with Crippen molar-refractivity contribution in [2.24, 2.45) is 5.92 Å². The number of aromatic carboxylic acids is 1. The van der Waals surface area contributed by atoms with Gasteiger partial charge in [0, 0.05) is 11.1 Å². The summed E-state index contributed by atoms with van der Waals surface area (Å²) in [5.41, 5.74) is 0.873. The minimum atomic E-state index is -3.11. The molecule has 0 bridgehead atoms. The SMILES string of the molecule is O=C(O)c1cc2cc(NC(=O)C3CCS(=O)(=O)C3)ccc2o1. The van der Waals surface area contributed by atoms with E-state index >= 15 is 0 Å². The predicted octanol–water partition coefficient (Wildman–Crippen LogP) is 1.50. The molecule has 22 heavy (non-hydrogen) atoms. The number of anilines is 1. The summed E-state index contributed by atoms with van der Waals surface area (Å²) in [4.78, 5) is 22.9. The number of carbonyl (C=O) groups excluding carboxylic acids is 1. The third-order valence-corrected chi connectivity index (χ3v) is 5.37. The van der Waals surface area contributed by atoms with Crippen molar-refractivity contribution >= 4 is 38.4 Å². The van der Waals surface area contributed by atoms with E-state index in [1.165, 1.54) is 6.07 Å². The molecule has 3 rings (SSSR count). The molecular formula is C14H13NO6S. The minimum absolute atomic E-state index is 0.0355. The Kier molecular flexibility index (Phi) is 3.40. The molecule has 0 aliphatic carbocycles. The van der Waals surface area contributed by atoms with Crippen LogP contribution in [0.1, 0.15) is 17.0 Å². The summed E-state index contributed by atoms with van der Waals surface area (Å²) in [6.45, 7) is 0. The Morgan fingerprint density at radius 3 is 2.68 bits per heavy atom. The lowest BCUT2D eigenvalue weighted by Gasteiger charge is -2.09. The molecule has 7 nitrogen and oxygen atoms in total. The van der Waals surface area contributed by atoms with Gasteiger partial charge in [-0.2, -0.15) is 0 Å². The lowest BCUT2D eigenvalue weighted by Crippen LogP contribution is -2.23. The zero-order valence-electron chi connectivity index (χ0n) is 11.4. The van der Waals surface area contributed by atoms with Crippen LogP contribution in [0.3, 0.4) is 0 Å². The standard InChI is InChI=1S/C14H13NO6S/c16-13(8-3-4-22(19,20)7-8)15-10-1-2-11-9(5-10)6-12(21-11)14(17)18/h1-2,5-6,8H,3-4,7H2,(H,15,16)(H,17,18). The first-order chi connectivity index (χ1) is 10.3.